The van der Waals surface area contributed by atoms with Crippen molar-refractivity contribution in [1.29, 1.82) is 0 Å². The number of amides is 1. The van der Waals surface area contributed by atoms with Crippen LogP contribution in [0.5, 0.6) is 11.5 Å². The lowest BCUT2D eigenvalue weighted by atomic mass is 10.1. The average molecular weight is 353 g/mol. The second kappa shape index (κ2) is 9.27. The van der Waals surface area contributed by atoms with Gasteiger partial charge in [0.25, 0.3) is 0 Å². The Bertz CT molecular complexity index is 715. The molecule has 0 spiro atoms. The molecule has 3 rings (SSSR count). The Balaban J connectivity index is 1.52. The highest BCUT2D eigenvalue weighted by Gasteiger charge is 2.14. The van der Waals surface area contributed by atoms with Crippen molar-refractivity contribution in [3.05, 3.63) is 59.7 Å². The first-order chi connectivity index (χ1) is 12.8. The van der Waals surface area contributed by atoms with Gasteiger partial charge in [-0.1, -0.05) is 36.4 Å². The predicted molar refractivity (Wildman–Crippen MR) is 103 cm³/mol. The van der Waals surface area contributed by atoms with Crippen LogP contribution in [0.1, 0.15) is 30.9 Å². The first kappa shape index (κ1) is 18.3. The first-order valence-corrected chi connectivity index (χ1v) is 9.46. The number of benzene rings is 2. The highest BCUT2D eigenvalue weighted by Crippen LogP contribution is 2.30. The van der Waals surface area contributed by atoms with Crippen molar-refractivity contribution >= 4 is 5.91 Å². The molecule has 0 bridgehead atoms. The van der Waals surface area contributed by atoms with Gasteiger partial charge in [-0.15, -0.1) is 0 Å². The van der Waals surface area contributed by atoms with Crippen molar-refractivity contribution < 1.29 is 14.3 Å². The van der Waals surface area contributed by atoms with Gasteiger partial charge in [-0.25, -0.2) is 0 Å². The second-order valence-electron chi connectivity index (χ2n) is 6.54. The molecule has 0 saturated heterocycles. The molecule has 0 saturated carbocycles. The lowest BCUT2D eigenvalue weighted by Crippen LogP contribution is -2.32. The lowest BCUT2D eigenvalue weighted by molar-refractivity contribution is -0.130. The number of ether oxygens (including phenoxy) is 2. The molecule has 1 heterocycles. The minimum Gasteiger partial charge on any atom is -0.490 e. The van der Waals surface area contributed by atoms with E-state index < -0.39 is 0 Å². The Labute approximate surface area is 155 Å². The minimum atomic E-state index is 0.204. The number of nitrogens with zero attached hydrogens (tertiary/aromatic N) is 1. The topological polar surface area (TPSA) is 38.8 Å². The Hall–Kier alpha value is -2.49. The van der Waals surface area contributed by atoms with Gasteiger partial charge in [-0.3, -0.25) is 4.79 Å². The number of likely N-dealkylation sites (N-methyl/N-ethyl adjacent to an activating group) is 1. The van der Waals surface area contributed by atoms with E-state index in [1.165, 1.54) is 5.56 Å². The molecule has 0 fully saturated rings. The van der Waals surface area contributed by atoms with E-state index in [4.69, 9.17) is 9.47 Å². The van der Waals surface area contributed by atoms with E-state index >= 15 is 0 Å². The van der Waals surface area contributed by atoms with Crippen LogP contribution in [0.3, 0.4) is 0 Å². The summed E-state index contributed by atoms with van der Waals surface area (Å²) in [4.78, 5) is 14.5. The van der Waals surface area contributed by atoms with Gasteiger partial charge in [0, 0.05) is 25.9 Å². The standard InChI is InChI=1S/C22H27NO3/c1-2-23(14-13-18-7-4-3-5-8-18)22(24)12-10-19-9-11-20-21(17-19)26-16-6-15-25-20/h3-5,7-9,11,17H,2,6,10,12-16H2,1H3. The van der Waals surface area contributed by atoms with E-state index in [1.54, 1.807) is 0 Å². The Morgan fingerprint density at radius 3 is 2.50 bits per heavy atom. The quantitative estimate of drug-likeness (QED) is 0.758. The summed E-state index contributed by atoms with van der Waals surface area (Å²) in [6, 6.07) is 16.3. The van der Waals surface area contributed by atoms with Gasteiger partial charge in [0.15, 0.2) is 11.5 Å². The van der Waals surface area contributed by atoms with E-state index in [2.05, 4.69) is 12.1 Å². The summed E-state index contributed by atoms with van der Waals surface area (Å²) < 4.78 is 11.4. The molecule has 0 atom stereocenters. The van der Waals surface area contributed by atoms with Crippen LogP contribution in [0, 0.1) is 0 Å². The van der Waals surface area contributed by atoms with Crippen molar-refractivity contribution in [1.82, 2.24) is 4.90 Å². The second-order valence-corrected chi connectivity index (χ2v) is 6.54. The lowest BCUT2D eigenvalue weighted by Gasteiger charge is -2.21. The summed E-state index contributed by atoms with van der Waals surface area (Å²) in [6.45, 7) is 4.92. The summed E-state index contributed by atoms with van der Waals surface area (Å²) >= 11 is 0. The zero-order chi connectivity index (χ0) is 18.2. The summed E-state index contributed by atoms with van der Waals surface area (Å²) in [5, 5.41) is 0. The van der Waals surface area contributed by atoms with Crippen LogP contribution < -0.4 is 9.47 Å². The van der Waals surface area contributed by atoms with E-state index in [1.807, 2.05) is 48.2 Å². The number of hydrogen-bond donors (Lipinski definition) is 0. The van der Waals surface area contributed by atoms with Crippen molar-refractivity contribution in [3.63, 3.8) is 0 Å². The third kappa shape index (κ3) is 5.01. The molecule has 2 aromatic carbocycles. The molecule has 1 amide bonds. The first-order valence-electron chi connectivity index (χ1n) is 9.46. The van der Waals surface area contributed by atoms with E-state index in [9.17, 15) is 4.79 Å². The summed E-state index contributed by atoms with van der Waals surface area (Å²) in [6.07, 6.45) is 3.03. The van der Waals surface area contributed by atoms with Crippen LogP contribution in [0.25, 0.3) is 0 Å². The fourth-order valence-electron chi connectivity index (χ4n) is 3.14. The number of carbonyl (C=O) groups is 1. The maximum atomic E-state index is 12.6. The van der Waals surface area contributed by atoms with Crippen LogP contribution in [0.15, 0.2) is 48.5 Å². The zero-order valence-corrected chi connectivity index (χ0v) is 15.4. The van der Waals surface area contributed by atoms with Crippen LogP contribution in [-0.2, 0) is 17.6 Å². The van der Waals surface area contributed by atoms with Gasteiger partial charge < -0.3 is 14.4 Å². The van der Waals surface area contributed by atoms with Crippen LogP contribution in [0.4, 0.5) is 0 Å². The molecular weight excluding hydrogens is 326 g/mol. The van der Waals surface area contributed by atoms with Crippen molar-refractivity contribution in [2.45, 2.75) is 32.6 Å². The van der Waals surface area contributed by atoms with Gasteiger partial charge in [-0.2, -0.15) is 0 Å². The molecule has 0 unspecified atom stereocenters. The number of carbonyl (C=O) groups excluding carboxylic acids is 1. The minimum absolute atomic E-state index is 0.204. The summed E-state index contributed by atoms with van der Waals surface area (Å²) in [7, 11) is 0. The van der Waals surface area contributed by atoms with Gasteiger partial charge in [-0.05, 0) is 43.0 Å². The maximum Gasteiger partial charge on any atom is 0.222 e. The van der Waals surface area contributed by atoms with Gasteiger partial charge in [0.2, 0.25) is 5.91 Å². The smallest absolute Gasteiger partial charge is 0.222 e. The molecule has 0 N–H and O–H groups in total. The molecule has 4 nitrogen and oxygen atoms in total. The number of hydrogen-bond acceptors (Lipinski definition) is 3. The van der Waals surface area contributed by atoms with Crippen molar-refractivity contribution in [2.75, 3.05) is 26.3 Å². The maximum absolute atomic E-state index is 12.6. The molecule has 1 aliphatic rings. The molecular formula is C22H27NO3. The fourth-order valence-corrected chi connectivity index (χ4v) is 3.14. The molecule has 2 aromatic rings. The summed E-state index contributed by atoms with van der Waals surface area (Å²) in [5.41, 5.74) is 2.38. The molecule has 138 valence electrons. The monoisotopic (exact) mass is 353 g/mol. The third-order valence-electron chi connectivity index (χ3n) is 4.69. The molecule has 0 aromatic heterocycles. The zero-order valence-electron chi connectivity index (χ0n) is 15.4. The largest absolute Gasteiger partial charge is 0.490 e. The Kier molecular flexibility index (Phi) is 6.53. The average Bonchev–Trinajstić information content (AvgIpc) is 2.92. The van der Waals surface area contributed by atoms with E-state index in [0.29, 0.717) is 19.6 Å². The van der Waals surface area contributed by atoms with Crippen molar-refractivity contribution in [2.24, 2.45) is 0 Å². The Morgan fingerprint density at radius 1 is 0.962 bits per heavy atom. The molecule has 0 aliphatic carbocycles. The van der Waals surface area contributed by atoms with Crippen LogP contribution in [-0.4, -0.2) is 37.1 Å². The van der Waals surface area contributed by atoms with E-state index in [0.717, 1.165) is 49.4 Å². The molecule has 26 heavy (non-hydrogen) atoms. The summed E-state index contributed by atoms with van der Waals surface area (Å²) in [5.74, 6) is 1.80. The van der Waals surface area contributed by atoms with Gasteiger partial charge in [0.05, 0.1) is 13.2 Å². The predicted octanol–water partition coefficient (Wildman–Crippen LogP) is 3.87. The number of fused-ring (bicyclic) bond motifs is 1. The number of aryl methyl sites for hydroxylation is 1. The van der Waals surface area contributed by atoms with Crippen LogP contribution >= 0.6 is 0 Å². The number of rotatable bonds is 7. The molecule has 1 aliphatic heterocycles. The molecule has 4 heteroatoms. The normalized spacial score (nSPS) is 13.1. The Morgan fingerprint density at radius 2 is 1.73 bits per heavy atom. The highest BCUT2D eigenvalue weighted by atomic mass is 16.5. The molecule has 0 radical (unpaired) electrons. The third-order valence-corrected chi connectivity index (χ3v) is 4.69. The fraction of sp³-hybridized carbons (Fsp3) is 0.409. The van der Waals surface area contributed by atoms with Gasteiger partial charge >= 0.3 is 0 Å². The highest BCUT2D eigenvalue weighted by molar-refractivity contribution is 5.76. The van der Waals surface area contributed by atoms with Crippen molar-refractivity contribution in [3.8, 4) is 11.5 Å². The van der Waals surface area contributed by atoms with Crippen LogP contribution in [0.2, 0.25) is 0 Å². The van der Waals surface area contributed by atoms with Gasteiger partial charge in [0.1, 0.15) is 0 Å². The SMILES string of the molecule is CCN(CCc1ccccc1)C(=O)CCc1ccc2c(c1)OCCCO2. The van der Waals surface area contributed by atoms with E-state index in [-0.39, 0.29) is 5.91 Å².